The van der Waals surface area contributed by atoms with E-state index < -0.39 is 24.8 Å². The SMILES string of the molecule is FC(F)Cn1ncc2ncc(N3CC[C@H]4CN(c5cccc(C(F)(F)F)n5)C[C@H]4C3)nc21. The number of hydrogen-bond acceptors (Lipinski definition) is 6. The fourth-order valence-corrected chi connectivity index (χ4v) is 4.58. The summed E-state index contributed by atoms with van der Waals surface area (Å²) in [5.41, 5.74) is -0.131. The molecule has 5 heterocycles. The van der Waals surface area contributed by atoms with Crippen LogP contribution in [0.15, 0.2) is 30.6 Å². The van der Waals surface area contributed by atoms with Crippen molar-refractivity contribution >= 4 is 22.8 Å². The van der Waals surface area contributed by atoms with Gasteiger partial charge in [-0.25, -0.2) is 28.4 Å². The highest BCUT2D eigenvalue weighted by Crippen LogP contribution is 2.36. The zero-order valence-corrected chi connectivity index (χ0v) is 16.9. The van der Waals surface area contributed by atoms with Gasteiger partial charge in [-0.1, -0.05) is 6.07 Å². The third-order valence-corrected chi connectivity index (χ3v) is 6.12. The zero-order chi connectivity index (χ0) is 22.5. The number of anilines is 2. The van der Waals surface area contributed by atoms with Crippen molar-refractivity contribution in [2.45, 2.75) is 25.6 Å². The maximum absolute atomic E-state index is 13.0. The lowest BCUT2D eigenvalue weighted by molar-refractivity contribution is -0.141. The Hall–Kier alpha value is -3.05. The fourth-order valence-electron chi connectivity index (χ4n) is 4.58. The third-order valence-electron chi connectivity index (χ3n) is 6.12. The molecule has 0 N–H and O–H groups in total. The first-order valence-electron chi connectivity index (χ1n) is 10.3. The normalized spacial score (nSPS) is 21.6. The molecular weight excluding hydrogens is 433 g/mol. The molecule has 5 rings (SSSR count). The molecule has 0 radical (unpaired) electrons. The molecule has 32 heavy (non-hydrogen) atoms. The van der Waals surface area contributed by atoms with Gasteiger partial charge < -0.3 is 9.80 Å². The molecule has 170 valence electrons. The number of halogens is 5. The van der Waals surface area contributed by atoms with Gasteiger partial charge in [0, 0.05) is 26.2 Å². The largest absolute Gasteiger partial charge is 0.433 e. The molecule has 12 heteroatoms. The van der Waals surface area contributed by atoms with Crippen LogP contribution in [0.4, 0.5) is 33.6 Å². The highest BCUT2D eigenvalue weighted by atomic mass is 19.4. The number of fused-ring (bicyclic) bond motifs is 2. The van der Waals surface area contributed by atoms with Gasteiger partial charge in [-0.2, -0.15) is 18.3 Å². The molecule has 0 spiro atoms. The van der Waals surface area contributed by atoms with Gasteiger partial charge in [0.2, 0.25) is 0 Å². The lowest BCUT2D eigenvalue weighted by Gasteiger charge is -2.34. The van der Waals surface area contributed by atoms with Gasteiger partial charge in [0.25, 0.3) is 6.43 Å². The minimum Gasteiger partial charge on any atom is -0.356 e. The van der Waals surface area contributed by atoms with Crippen molar-refractivity contribution in [3.8, 4) is 0 Å². The standard InChI is InChI=1S/C20H20F5N7/c21-16(22)11-32-19-14(6-27-32)26-7-18(29-19)30-5-4-12-8-31(10-13(12)9-30)17-3-1-2-15(28-17)20(23,24)25/h1-3,6-7,12-13,16H,4-5,8-11H2/t12-,13+/m0/s1. The van der Waals surface area contributed by atoms with Crippen LogP contribution in [0.2, 0.25) is 0 Å². The maximum atomic E-state index is 13.0. The molecule has 7 nitrogen and oxygen atoms in total. The van der Waals surface area contributed by atoms with Crippen LogP contribution < -0.4 is 9.80 Å². The van der Waals surface area contributed by atoms with Crippen LogP contribution in [0.25, 0.3) is 11.2 Å². The van der Waals surface area contributed by atoms with Crippen LogP contribution in [0.1, 0.15) is 12.1 Å². The Morgan fingerprint density at radius 3 is 2.53 bits per heavy atom. The Bertz CT molecular complexity index is 1120. The summed E-state index contributed by atoms with van der Waals surface area (Å²) in [6.45, 7) is 2.05. The molecule has 0 bridgehead atoms. The number of pyridine rings is 1. The molecule has 3 aromatic heterocycles. The fraction of sp³-hybridized carbons (Fsp3) is 0.500. The lowest BCUT2D eigenvalue weighted by Crippen LogP contribution is -2.40. The molecule has 0 aromatic carbocycles. The molecule has 3 aromatic rings. The summed E-state index contributed by atoms with van der Waals surface area (Å²) in [4.78, 5) is 16.6. The average Bonchev–Trinajstić information content (AvgIpc) is 3.36. The smallest absolute Gasteiger partial charge is 0.356 e. The van der Waals surface area contributed by atoms with Crippen LogP contribution in [-0.4, -0.2) is 57.3 Å². The van der Waals surface area contributed by atoms with E-state index in [4.69, 9.17) is 0 Å². The Balaban J connectivity index is 1.32. The summed E-state index contributed by atoms with van der Waals surface area (Å²) in [7, 11) is 0. The van der Waals surface area contributed by atoms with Crippen LogP contribution >= 0.6 is 0 Å². The summed E-state index contributed by atoms with van der Waals surface area (Å²) in [6.07, 6.45) is -3.16. The number of piperidine rings is 1. The van der Waals surface area contributed by atoms with E-state index in [2.05, 4.69) is 25.0 Å². The Morgan fingerprint density at radius 1 is 0.969 bits per heavy atom. The summed E-state index contributed by atoms with van der Waals surface area (Å²) in [5.74, 6) is 1.48. The summed E-state index contributed by atoms with van der Waals surface area (Å²) < 4.78 is 65.8. The second kappa shape index (κ2) is 7.82. The Labute approximate surface area is 179 Å². The first kappa shape index (κ1) is 20.8. The van der Waals surface area contributed by atoms with E-state index in [1.807, 2.05) is 4.90 Å². The van der Waals surface area contributed by atoms with E-state index in [1.54, 1.807) is 12.3 Å². The molecule has 2 saturated heterocycles. The first-order valence-corrected chi connectivity index (χ1v) is 10.3. The second-order valence-corrected chi connectivity index (χ2v) is 8.19. The molecule has 0 aliphatic carbocycles. The van der Waals surface area contributed by atoms with E-state index in [9.17, 15) is 22.0 Å². The van der Waals surface area contributed by atoms with Gasteiger partial charge in [-0.05, 0) is 30.4 Å². The minimum atomic E-state index is -4.48. The quantitative estimate of drug-likeness (QED) is 0.564. The van der Waals surface area contributed by atoms with Crippen molar-refractivity contribution in [3.63, 3.8) is 0 Å². The van der Waals surface area contributed by atoms with E-state index in [1.165, 1.54) is 12.3 Å². The predicted molar refractivity (Wildman–Crippen MR) is 107 cm³/mol. The summed E-state index contributed by atoms with van der Waals surface area (Å²) in [6, 6.07) is 3.96. The Morgan fingerprint density at radius 2 is 1.75 bits per heavy atom. The molecule has 0 unspecified atom stereocenters. The average molecular weight is 453 g/mol. The summed E-state index contributed by atoms with van der Waals surface area (Å²) in [5, 5.41) is 3.94. The Kier molecular flexibility index (Phi) is 5.09. The van der Waals surface area contributed by atoms with Gasteiger partial charge in [-0.3, -0.25) is 0 Å². The number of rotatable bonds is 4. The van der Waals surface area contributed by atoms with Crippen LogP contribution in [0, 0.1) is 11.8 Å². The lowest BCUT2D eigenvalue weighted by atomic mass is 9.89. The van der Waals surface area contributed by atoms with E-state index in [-0.39, 0.29) is 5.92 Å². The van der Waals surface area contributed by atoms with E-state index in [0.29, 0.717) is 54.9 Å². The van der Waals surface area contributed by atoms with Crippen molar-refractivity contribution in [2.75, 3.05) is 36.0 Å². The molecule has 2 atom stereocenters. The second-order valence-electron chi connectivity index (χ2n) is 8.19. The molecule has 2 aliphatic rings. The van der Waals surface area contributed by atoms with Crippen molar-refractivity contribution in [3.05, 3.63) is 36.3 Å². The molecule has 0 amide bonds. The predicted octanol–water partition coefficient (Wildman–Crippen LogP) is 3.47. The molecular formula is C20H20F5N7. The van der Waals surface area contributed by atoms with Gasteiger partial charge in [-0.15, -0.1) is 0 Å². The van der Waals surface area contributed by atoms with Crippen LogP contribution in [0.5, 0.6) is 0 Å². The third kappa shape index (κ3) is 3.93. The number of alkyl halides is 5. The van der Waals surface area contributed by atoms with Crippen molar-refractivity contribution < 1.29 is 22.0 Å². The minimum absolute atomic E-state index is 0.226. The molecule has 2 fully saturated rings. The maximum Gasteiger partial charge on any atom is 0.433 e. The van der Waals surface area contributed by atoms with Crippen molar-refractivity contribution in [1.82, 2.24) is 24.7 Å². The first-order chi connectivity index (χ1) is 15.3. The monoisotopic (exact) mass is 453 g/mol. The van der Waals surface area contributed by atoms with E-state index in [0.717, 1.165) is 17.2 Å². The molecule has 2 aliphatic heterocycles. The molecule has 0 saturated carbocycles. The summed E-state index contributed by atoms with van der Waals surface area (Å²) >= 11 is 0. The highest BCUT2D eigenvalue weighted by Gasteiger charge is 2.39. The van der Waals surface area contributed by atoms with Crippen LogP contribution in [-0.2, 0) is 12.7 Å². The van der Waals surface area contributed by atoms with Gasteiger partial charge >= 0.3 is 6.18 Å². The van der Waals surface area contributed by atoms with E-state index >= 15 is 0 Å². The van der Waals surface area contributed by atoms with Crippen LogP contribution in [0.3, 0.4) is 0 Å². The van der Waals surface area contributed by atoms with Gasteiger partial charge in [0.05, 0.1) is 12.4 Å². The number of hydrogen-bond donors (Lipinski definition) is 0. The van der Waals surface area contributed by atoms with Crippen molar-refractivity contribution in [2.24, 2.45) is 11.8 Å². The van der Waals surface area contributed by atoms with Gasteiger partial charge in [0.15, 0.2) is 5.65 Å². The number of aromatic nitrogens is 5. The zero-order valence-electron chi connectivity index (χ0n) is 16.9. The highest BCUT2D eigenvalue weighted by molar-refractivity contribution is 5.71. The van der Waals surface area contributed by atoms with Gasteiger partial charge in [0.1, 0.15) is 29.4 Å². The van der Waals surface area contributed by atoms with Crippen molar-refractivity contribution in [1.29, 1.82) is 0 Å². The number of nitrogens with zero attached hydrogens (tertiary/aromatic N) is 7. The topological polar surface area (TPSA) is 63.0 Å².